The van der Waals surface area contributed by atoms with Crippen molar-refractivity contribution in [3.05, 3.63) is 152 Å². The van der Waals surface area contributed by atoms with Gasteiger partial charge in [-0.15, -0.1) is 11.3 Å². The van der Waals surface area contributed by atoms with E-state index in [9.17, 15) is 0 Å². The molecule has 0 aliphatic rings. The van der Waals surface area contributed by atoms with Gasteiger partial charge in [-0.3, -0.25) is 0 Å². The summed E-state index contributed by atoms with van der Waals surface area (Å²) in [5, 5.41) is 6.95. The molecule has 4 aromatic heterocycles. The first kappa shape index (κ1) is 28.2. The summed E-state index contributed by atoms with van der Waals surface area (Å²) in [5.74, 6) is 1.80. The Hall–Kier alpha value is -6.63. The van der Waals surface area contributed by atoms with Crippen molar-refractivity contribution < 1.29 is 8.83 Å². The zero-order valence-electron chi connectivity index (χ0n) is 27.0. The Morgan fingerprint density at radius 2 is 0.961 bits per heavy atom. The predicted octanol–water partition coefficient (Wildman–Crippen LogP) is 12.7. The van der Waals surface area contributed by atoms with Crippen molar-refractivity contribution in [3.8, 4) is 45.3 Å². The topological polar surface area (TPSA) is 65.0 Å². The maximum atomic E-state index is 6.60. The van der Waals surface area contributed by atoms with Gasteiger partial charge in [0.05, 0.1) is 0 Å². The highest BCUT2D eigenvalue weighted by Gasteiger charge is 2.20. The van der Waals surface area contributed by atoms with Gasteiger partial charge in [0.15, 0.2) is 17.5 Å². The molecule has 0 unspecified atom stereocenters. The van der Waals surface area contributed by atoms with E-state index >= 15 is 0 Å². The van der Waals surface area contributed by atoms with Gasteiger partial charge in [-0.05, 0) is 42.0 Å². The van der Waals surface area contributed by atoms with Crippen LogP contribution in [0.3, 0.4) is 0 Å². The fraction of sp³-hybridized carbons (Fsp3) is 0. The number of aromatic nitrogens is 3. The first-order valence-electron chi connectivity index (χ1n) is 16.8. The molecule has 0 saturated heterocycles. The van der Waals surface area contributed by atoms with E-state index in [1.807, 2.05) is 72.0 Å². The van der Waals surface area contributed by atoms with Crippen LogP contribution in [0.1, 0.15) is 0 Å². The van der Waals surface area contributed by atoms with Gasteiger partial charge in [0.25, 0.3) is 0 Å². The first-order valence-corrected chi connectivity index (χ1v) is 17.7. The third-order valence-electron chi connectivity index (χ3n) is 9.75. The van der Waals surface area contributed by atoms with Crippen molar-refractivity contribution in [2.45, 2.75) is 0 Å². The molecule has 0 fully saturated rings. The lowest BCUT2D eigenvalue weighted by Gasteiger charge is -2.10. The number of hydrogen-bond acceptors (Lipinski definition) is 6. The molecule has 238 valence electrons. The van der Waals surface area contributed by atoms with E-state index in [1.54, 1.807) is 0 Å². The highest BCUT2D eigenvalue weighted by Crippen LogP contribution is 2.46. The summed E-state index contributed by atoms with van der Waals surface area (Å²) in [5.41, 5.74) is 8.25. The lowest BCUT2D eigenvalue weighted by molar-refractivity contribution is 0.669. The SMILES string of the molecule is c1ccc(-c2nc(-c3ccc(-c4cc5c6ccccc6sc5c5c4oc4ccccc45)cc3)nc(-c3ccc4c(c3)oc3ccccc34)n2)cc1. The Balaban J connectivity index is 1.07. The zero-order chi connectivity index (χ0) is 33.5. The standard InChI is InChI=1S/C45H25N3O2S/c1-2-10-27(11-3-1)43-46-44(48-45(47-43)29-22-23-31-30-12-4-7-15-36(30)49-38(31)24-29)28-20-18-26(19-21-28)34-25-35-32-13-6-9-17-39(32)51-42(35)40-33-14-5-8-16-37(33)50-41(34)40/h1-25H. The molecule has 0 amide bonds. The van der Waals surface area contributed by atoms with Crippen LogP contribution in [0.25, 0.3) is 109 Å². The molecule has 7 aromatic carbocycles. The van der Waals surface area contributed by atoms with E-state index in [1.165, 1.54) is 25.6 Å². The maximum absolute atomic E-state index is 6.60. The van der Waals surface area contributed by atoms with Crippen LogP contribution in [0.2, 0.25) is 0 Å². The second kappa shape index (κ2) is 10.9. The number of thiophene rings is 1. The van der Waals surface area contributed by atoms with Crippen molar-refractivity contribution >= 4 is 75.4 Å². The average molecular weight is 672 g/mol. The molecule has 0 aliphatic carbocycles. The van der Waals surface area contributed by atoms with Gasteiger partial charge < -0.3 is 8.83 Å². The quantitative estimate of drug-likeness (QED) is 0.186. The minimum atomic E-state index is 0.587. The van der Waals surface area contributed by atoms with Crippen molar-refractivity contribution in [1.82, 2.24) is 15.0 Å². The number of furan rings is 2. The summed E-state index contributed by atoms with van der Waals surface area (Å²) >= 11 is 1.83. The van der Waals surface area contributed by atoms with E-state index in [2.05, 4.69) is 91.0 Å². The Bertz CT molecular complexity index is 3140. The van der Waals surface area contributed by atoms with Crippen molar-refractivity contribution in [3.63, 3.8) is 0 Å². The molecule has 0 N–H and O–H groups in total. The molecule has 5 nitrogen and oxygen atoms in total. The van der Waals surface area contributed by atoms with E-state index in [0.717, 1.165) is 66.3 Å². The largest absolute Gasteiger partial charge is 0.456 e. The van der Waals surface area contributed by atoms with E-state index in [-0.39, 0.29) is 0 Å². The van der Waals surface area contributed by atoms with Crippen LogP contribution >= 0.6 is 11.3 Å². The summed E-state index contributed by atoms with van der Waals surface area (Å²) in [6.07, 6.45) is 0. The van der Waals surface area contributed by atoms with Crippen LogP contribution in [0, 0.1) is 0 Å². The third kappa shape index (κ3) is 4.43. The lowest BCUT2D eigenvalue weighted by Crippen LogP contribution is -2.00. The molecule has 11 aromatic rings. The highest BCUT2D eigenvalue weighted by molar-refractivity contribution is 7.26. The molecule has 4 heterocycles. The van der Waals surface area contributed by atoms with Crippen LogP contribution in [0.4, 0.5) is 0 Å². The third-order valence-corrected chi connectivity index (χ3v) is 11.0. The summed E-state index contributed by atoms with van der Waals surface area (Å²) in [6, 6.07) is 52.0. The summed E-state index contributed by atoms with van der Waals surface area (Å²) in [4.78, 5) is 15.0. The summed E-state index contributed by atoms with van der Waals surface area (Å²) in [6.45, 7) is 0. The molecule has 51 heavy (non-hydrogen) atoms. The van der Waals surface area contributed by atoms with E-state index < -0.39 is 0 Å². The number of hydrogen-bond donors (Lipinski definition) is 0. The molecular weight excluding hydrogens is 647 g/mol. The lowest BCUT2D eigenvalue weighted by atomic mass is 9.98. The van der Waals surface area contributed by atoms with Gasteiger partial charge in [-0.1, -0.05) is 115 Å². The fourth-order valence-electron chi connectivity index (χ4n) is 7.29. The molecule has 6 heteroatoms. The Morgan fingerprint density at radius 1 is 0.392 bits per heavy atom. The number of para-hydroxylation sites is 2. The summed E-state index contributed by atoms with van der Waals surface area (Å²) < 4.78 is 15.3. The van der Waals surface area contributed by atoms with Gasteiger partial charge in [0.1, 0.15) is 22.3 Å². The number of benzene rings is 7. The highest BCUT2D eigenvalue weighted by atomic mass is 32.1. The normalized spacial score (nSPS) is 11.9. The second-order valence-corrected chi connectivity index (χ2v) is 13.8. The average Bonchev–Trinajstić information content (AvgIpc) is 3.89. The molecular formula is C45H25N3O2S. The minimum Gasteiger partial charge on any atom is -0.456 e. The number of rotatable bonds is 4. The molecule has 0 saturated carbocycles. The van der Waals surface area contributed by atoms with Gasteiger partial charge in [0.2, 0.25) is 0 Å². The predicted molar refractivity (Wildman–Crippen MR) is 209 cm³/mol. The molecule has 0 atom stereocenters. The van der Waals surface area contributed by atoms with Crippen molar-refractivity contribution in [1.29, 1.82) is 0 Å². The summed E-state index contributed by atoms with van der Waals surface area (Å²) in [7, 11) is 0. The molecule has 0 bridgehead atoms. The van der Waals surface area contributed by atoms with Crippen molar-refractivity contribution in [2.24, 2.45) is 0 Å². The Morgan fingerprint density at radius 3 is 1.75 bits per heavy atom. The molecule has 0 radical (unpaired) electrons. The van der Waals surface area contributed by atoms with Crippen molar-refractivity contribution in [2.75, 3.05) is 0 Å². The molecule has 11 rings (SSSR count). The van der Waals surface area contributed by atoms with Gasteiger partial charge in [0, 0.05) is 64.0 Å². The van der Waals surface area contributed by atoms with Crippen LogP contribution < -0.4 is 0 Å². The van der Waals surface area contributed by atoms with Crippen LogP contribution in [-0.2, 0) is 0 Å². The van der Waals surface area contributed by atoms with Crippen LogP contribution in [0.15, 0.2) is 160 Å². The van der Waals surface area contributed by atoms with E-state index in [4.69, 9.17) is 23.8 Å². The Labute approximate surface area is 295 Å². The second-order valence-electron chi connectivity index (χ2n) is 12.8. The fourth-order valence-corrected chi connectivity index (χ4v) is 8.53. The van der Waals surface area contributed by atoms with Gasteiger partial charge in [-0.25, -0.2) is 15.0 Å². The van der Waals surface area contributed by atoms with Gasteiger partial charge in [-0.2, -0.15) is 0 Å². The Kier molecular flexibility index (Phi) is 6.05. The van der Waals surface area contributed by atoms with Crippen LogP contribution in [0.5, 0.6) is 0 Å². The zero-order valence-corrected chi connectivity index (χ0v) is 27.8. The monoisotopic (exact) mass is 671 g/mol. The molecule has 0 aliphatic heterocycles. The maximum Gasteiger partial charge on any atom is 0.164 e. The molecule has 0 spiro atoms. The smallest absolute Gasteiger partial charge is 0.164 e. The number of nitrogens with zero attached hydrogens (tertiary/aromatic N) is 3. The van der Waals surface area contributed by atoms with Crippen LogP contribution in [-0.4, -0.2) is 15.0 Å². The van der Waals surface area contributed by atoms with E-state index in [0.29, 0.717) is 17.5 Å². The number of fused-ring (bicyclic) bond motifs is 10. The van der Waals surface area contributed by atoms with Gasteiger partial charge >= 0.3 is 0 Å². The first-order chi connectivity index (χ1) is 25.2. The minimum absolute atomic E-state index is 0.587.